The Balaban J connectivity index is 1.54. The van der Waals surface area contributed by atoms with Crippen LogP contribution in [0.4, 0.5) is 0 Å². The molecule has 10 heteroatoms. The van der Waals surface area contributed by atoms with Gasteiger partial charge >= 0.3 is 0 Å². The number of carbonyl (C=O) groups excluding carboxylic acids is 1. The van der Waals surface area contributed by atoms with Crippen LogP contribution in [-0.4, -0.2) is 56.6 Å². The fourth-order valence-electron chi connectivity index (χ4n) is 3.62. The summed E-state index contributed by atoms with van der Waals surface area (Å²) in [5.41, 5.74) is 3.50. The number of thiophene rings is 1. The number of aromatic nitrogens is 5. The molecular formula is C21H22N6O3S. The van der Waals surface area contributed by atoms with Crippen LogP contribution in [0.25, 0.3) is 16.7 Å². The molecule has 1 fully saturated rings. The molecule has 4 aromatic heterocycles. The van der Waals surface area contributed by atoms with Crippen LogP contribution in [-0.2, 0) is 18.2 Å². The molecule has 160 valence electrons. The Morgan fingerprint density at radius 2 is 2.32 bits per heavy atom. The van der Waals surface area contributed by atoms with E-state index < -0.39 is 0 Å². The van der Waals surface area contributed by atoms with Crippen molar-refractivity contribution in [1.82, 2.24) is 29.6 Å². The summed E-state index contributed by atoms with van der Waals surface area (Å²) in [4.78, 5) is 22.1. The zero-order chi connectivity index (χ0) is 21.4. The minimum absolute atomic E-state index is 0.0378. The largest absolute Gasteiger partial charge is 0.470 e. The molecule has 1 aliphatic rings. The van der Waals surface area contributed by atoms with Crippen molar-refractivity contribution in [2.45, 2.75) is 18.9 Å². The molecule has 4 aromatic rings. The van der Waals surface area contributed by atoms with E-state index in [2.05, 4.69) is 10.4 Å². The first kappa shape index (κ1) is 19.7. The van der Waals surface area contributed by atoms with Gasteiger partial charge in [0, 0.05) is 39.3 Å². The predicted octanol–water partition coefficient (Wildman–Crippen LogP) is 2.33. The Kier molecular flexibility index (Phi) is 5.16. The van der Waals surface area contributed by atoms with Crippen molar-refractivity contribution in [3.05, 3.63) is 52.4 Å². The van der Waals surface area contributed by atoms with Gasteiger partial charge in [-0.2, -0.15) is 10.1 Å². The summed E-state index contributed by atoms with van der Waals surface area (Å²) in [6.07, 6.45) is 6.98. The quantitative estimate of drug-likeness (QED) is 0.496. The van der Waals surface area contributed by atoms with Crippen LogP contribution in [0, 0.1) is 0 Å². The number of nitrogens with zero attached hydrogens (tertiary/aromatic N) is 5. The van der Waals surface area contributed by atoms with Crippen molar-refractivity contribution in [3.8, 4) is 11.6 Å². The number of hydrogen-bond donors (Lipinski definition) is 1. The van der Waals surface area contributed by atoms with Crippen molar-refractivity contribution in [2.24, 2.45) is 7.05 Å². The van der Waals surface area contributed by atoms with E-state index in [1.165, 1.54) is 11.3 Å². The molecule has 1 amide bonds. The highest BCUT2D eigenvalue weighted by molar-refractivity contribution is 7.12. The van der Waals surface area contributed by atoms with Crippen LogP contribution < -0.4 is 10.1 Å². The molecule has 1 atom stereocenters. The Morgan fingerprint density at radius 3 is 3.06 bits per heavy atom. The van der Waals surface area contributed by atoms with Crippen LogP contribution in [0.3, 0.4) is 0 Å². The highest BCUT2D eigenvalue weighted by atomic mass is 32.1. The predicted molar refractivity (Wildman–Crippen MR) is 116 cm³/mol. The van der Waals surface area contributed by atoms with Crippen molar-refractivity contribution in [1.29, 1.82) is 0 Å². The second-order valence-corrected chi connectivity index (χ2v) is 8.33. The fraction of sp³-hybridized carbons (Fsp3) is 0.333. The summed E-state index contributed by atoms with van der Waals surface area (Å²) in [5, 5.41) is 8.89. The molecule has 0 saturated carbocycles. The number of amides is 1. The van der Waals surface area contributed by atoms with Gasteiger partial charge in [-0.1, -0.05) is 0 Å². The molecule has 31 heavy (non-hydrogen) atoms. The van der Waals surface area contributed by atoms with E-state index in [4.69, 9.17) is 19.4 Å². The first-order valence-corrected chi connectivity index (χ1v) is 10.9. The summed E-state index contributed by atoms with van der Waals surface area (Å²) in [6, 6.07) is 3.83. The minimum Gasteiger partial charge on any atom is -0.470 e. The number of ether oxygens (including phenoxy) is 2. The maximum Gasteiger partial charge on any atom is 0.261 e. The smallest absolute Gasteiger partial charge is 0.261 e. The number of rotatable bonds is 6. The highest BCUT2D eigenvalue weighted by Crippen LogP contribution is 2.29. The van der Waals surface area contributed by atoms with Crippen LogP contribution in [0.5, 0.6) is 5.88 Å². The van der Waals surface area contributed by atoms with E-state index in [0.29, 0.717) is 36.2 Å². The summed E-state index contributed by atoms with van der Waals surface area (Å²) in [6.45, 7) is 1.24. The maximum absolute atomic E-state index is 11.9. The molecule has 1 aliphatic heterocycles. The molecule has 0 aromatic carbocycles. The van der Waals surface area contributed by atoms with Gasteiger partial charge in [-0.3, -0.25) is 9.48 Å². The van der Waals surface area contributed by atoms with Gasteiger partial charge in [-0.05, 0) is 23.1 Å². The molecular weight excluding hydrogens is 416 g/mol. The minimum atomic E-state index is -0.0913. The number of aryl methyl sites for hydroxylation is 1. The number of nitrogens with one attached hydrogen (secondary N) is 1. The van der Waals surface area contributed by atoms with Crippen LogP contribution >= 0.6 is 11.3 Å². The average molecular weight is 439 g/mol. The Bertz CT molecular complexity index is 1240. The zero-order valence-electron chi connectivity index (χ0n) is 17.2. The molecule has 5 rings (SSSR count). The lowest BCUT2D eigenvalue weighted by Gasteiger charge is -2.14. The van der Waals surface area contributed by atoms with Gasteiger partial charge in [0.05, 0.1) is 35.5 Å². The number of hydrogen-bond acceptors (Lipinski definition) is 7. The second kappa shape index (κ2) is 8.12. The van der Waals surface area contributed by atoms with E-state index in [1.54, 1.807) is 17.9 Å². The van der Waals surface area contributed by atoms with E-state index in [0.717, 1.165) is 28.7 Å². The van der Waals surface area contributed by atoms with Crippen molar-refractivity contribution >= 4 is 28.3 Å². The first-order chi connectivity index (χ1) is 15.1. The van der Waals surface area contributed by atoms with Gasteiger partial charge in [0.2, 0.25) is 5.88 Å². The normalized spacial score (nSPS) is 16.1. The summed E-state index contributed by atoms with van der Waals surface area (Å²) >= 11 is 1.41. The van der Waals surface area contributed by atoms with Gasteiger partial charge in [0.15, 0.2) is 0 Å². The van der Waals surface area contributed by atoms with Crippen molar-refractivity contribution in [3.63, 3.8) is 0 Å². The first-order valence-electron chi connectivity index (χ1n) is 10.0. The van der Waals surface area contributed by atoms with Crippen LogP contribution in [0.2, 0.25) is 0 Å². The topological polar surface area (TPSA) is 96.1 Å². The fourth-order valence-corrected chi connectivity index (χ4v) is 4.48. The van der Waals surface area contributed by atoms with Gasteiger partial charge in [-0.15, -0.1) is 11.3 Å². The molecule has 1 N–H and O–H groups in total. The van der Waals surface area contributed by atoms with Crippen molar-refractivity contribution in [2.75, 3.05) is 20.3 Å². The van der Waals surface area contributed by atoms with Gasteiger partial charge in [0.1, 0.15) is 17.4 Å². The third kappa shape index (κ3) is 3.91. The van der Waals surface area contributed by atoms with E-state index in [1.807, 2.05) is 41.5 Å². The molecule has 0 aliphatic carbocycles. The molecule has 0 spiro atoms. The Hall–Kier alpha value is -3.24. The third-order valence-electron chi connectivity index (χ3n) is 5.15. The lowest BCUT2D eigenvalue weighted by atomic mass is 10.2. The molecule has 0 bridgehead atoms. The van der Waals surface area contributed by atoms with Crippen molar-refractivity contribution < 1.29 is 14.3 Å². The monoisotopic (exact) mass is 438 g/mol. The lowest BCUT2D eigenvalue weighted by molar-refractivity contribution is 0.0967. The summed E-state index contributed by atoms with van der Waals surface area (Å²) in [5.74, 6) is 1.09. The number of fused-ring (bicyclic) bond motifs is 1. The van der Waals surface area contributed by atoms with Gasteiger partial charge in [-0.25, -0.2) is 4.98 Å². The van der Waals surface area contributed by atoms with E-state index in [-0.39, 0.29) is 12.0 Å². The average Bonchev–Trinajstić information content (AvgIpc) is 3.54. The second-order valence-electron chi connectivity index (χ2n) is 7.42. The maximum atomic E-state index is 11.9. The zero-order valence-corrected chi connectivity index (χ0v) is 18.1. The van der Waals surface area contributed by atoms with Crippen LogP contribution in [0.1, 0.15) is 27.5 Å². The third-order valence-corrected chi connectivity index (χ3v) is 6.13. The Morgan fingerprint density at radius 1 is 1.42 bits per heavy atom. The van der Waals surface area contributed by atoms with Crippen LogP contribution in [0.15, 0.2) is 36.1 Å². The Labute approximate surface area is 182 Å². The summed E-state index contributed by atoms with van der Waals surface area (Å²) in [7, 11) is 3.51. The molecule has 0 radical (unpaired) electrons. The molecule has 1 saturated heterocycles. The summed E-state index contributed by atoms with van der Waals surface area (Å²) < 4.78 is 15.5. The van der Waals surface area contributed by atoms with Gasteiger partial charge in [0.25, 0.3) is 5.91 Å². The molecule has 0 unspecified atom stereocenters. The lowest BCUT2D eigenvalue weighted by Crippen LogP contribution is -2.18. The standard InChI is InChI=1S/C21H22N6O3S/c1-22-20(28)17-7-13(12-31-17)8-18-24-16-3-5-27(14-9-23-26(2)10-14)19(16)21(25-18)30-15-4-6-29-11-15/h3,5,7,9-10,12,15H,4,6,8,11H2,1-2H3,(H,22,28)/t15-/m1/s1. The van der Waals surface area contributed by atoms with E-state index >= 15 is 0 Å². The molecule has 5 heterocycles. The SMILES string of the molecule is CNC(=O)c1cc(Cc2nc(O[C@@H]3CCOC3)c3c(ccn3-c3cnn(C)c3)n2)cs1. The molecule has 9 nitrogen and oxygen atoms in total. The highest BCUT2D eigenvalue weighted by Gasteiger charge is 2.22. The number of carbonyl (C=O) groups is 1. The van der Waals surface area contributed by atoms with E-state index in [9.17, 15) is 4.79 Å². The van der Waals surface area contributed by atoms with Gasteiger partial charge < -0.3 is 19.4 Å².